The highest BCUT2D eigenvalue weighted by Gasteiger charge is 2.13. The summed E-state index contributed by atoms with van der Waals surface area (Å²) < 4.78 is 70.7. The topological polar surface area (TPSA) is 144 Å². The maximum atomic E-state index is 11.6. The van der Waals surface area contributed by atoms with Gasteiger partial charge in [0.15, 0.2) is 0 Å². The maximum absolute atomic E-state index is 11.6. The van der Waals surface area contributed by atoms with Gasteiger partial charge in [0.25, 0.3) is 20.2 Å². The Balaban J connectivity index is 2.03. The standard InChI is InChI=1S/C13H10O9S2/c14-13(21-9-1-5-11(6-2-9)23(15,16)17)22-10-3-7-12(8-4-10)24(18,19)20/h1-8H,(H,15,16,17)(H,18,19,20). The lowest BCUT2D eigenvalue weighted by Gasteiger charge is -2.06. The predicted octanol–water partition coefficient (Wildman–Crippen LogP) is 1.76. The molecule has 24 heavy (non-hydrogen) atoms. The third kappa shape index (κ3) is 4.76. The minimum Gasteiger partial charge on any atom is -0.395 e. The van der Waals surface area contributed by atoms with E-state index in [0.29, 0.717) is 0 Å². The molecule has 0 aliphatic heterocycles. The SMILES string of the molecule is O=C(Oc1ccc(S(=O)(=O)O)cc1)Oc1ccc(S(=O)(=O)O)cc1. The van der Waals surface area contributed by atoms with E-state index in [0.717, 1.165) is 48.5 Å². The summed E-state index contributed by atoms with van der Waals surface area (Å²) in [6.45, 7) is 0. The summed E-state index contributed by atoms with van der Waals surface area (Å²) in [6.07, 6.45) is -1.16. The summed E-state index contributed by atoms with van der Waals surface area (Å²) in [6, 6.07) is 8.63. The summed E-state index contributed by atoms with van der Waals surface area (Å²) in [5.74, 6) is -0.0797. The average molecular weight is 374 g/mol. The largest absolute Gasteiger partial charge is 0.519 e. The first-order valence-corrected chi connectivity index (χ1v) is 8.98. The molecule has 0 heterocycles. The highest BCUT2D eigenvalue weighted by atomic mass is 32.2. The Morgan fingerprint density at radius 2 is 0.958 bits per heavy atom. The van der Waals surface area contributed by atoms with Crippen molar-refractivity contribution < 1.29 is 40.2 Å². The van der Waals surface area contributed by atoms with Gasteiger partial charge in [-0.3, -0.25) is 9.11 Å². The quantitative estimate of drug-likeness (QED) is 0.464. The molecule has 128 valence electrons. The summed E-state index contributed by atoms with van der Waals surface area (Å²) >= 11 is 0. The van der Waals surface area contributed by atoms with Gasteiger partial charge in [0.05, 0.1) is 9.79 Å². The van der Waals surface area contributed by atoms with E-state index >= 15 is 0 Å². The van der Waals surface area contributed by atoms with Crippen LogP contribution in [0.3, 0.4) is 0 Å². The van der Waals surface area contributed by atoms with Crippen molar-refractivity contribution in [3.63, 3.8) is 0 Å². The molecule has 0 radical (unpaired) electrons. The first-order valence-electron chi connectivity index (χ1n) is 6.10. The van der Waals surface area contributed by atoms with Crippen molar-refractivity contribution in [2.24, 2.45) is 0 Å². The summed E-state index contributed by atoms with van der Waals surface area (Å²) in [4.78, 5) is 10.8. The Morgan fingerprint density at radius 3 is 1.21 bits per heavy atom. The van der Waals surface area contributed by atoms with Crippen molar-refractivity contribution in [3.8, 4) is 11.5 Å². The minimum absolute atomic E-state index is 0.0399. The third-order valence-electron chi connectivity index (χ3n) is 2.65. The first kappa shape index (κ1) is 17.9. The van der Waals surface area contributed by atoms with E-state index < -0.39 is 26.4 Å². The lowest BCUT2D eigenvalue weighted by Crippen LogP contribution is -2.14. The molecule has 0 aliphatic rings. The molecule has 2 rings (SSSR count). The smallest absolute Gasteiger partial charge is 0.395 e. The normalized spacial score (nSPS) is 11.8. The number of hydrogen-bond acceptors (Lipinski definition) is 7. The van der Waals surface area contributed by atoms with Crippen LogP contribution in [0.15, 0.2) is 58.3 Å². The molecule has 0 atom stereocenters. The molecule has 11 heteroatoms. The molecule has 0 saturated heterocycles. The maximum Gasteiger partial charge on any atom is 0.519 e. The highest BCUT2D eigenvalue weighted by molar-refractivity contribution is 7.86. The monoisotopic (exact) mass is 374 g/mol. The minimum atomic E-state index is -4.35. The predicted molar refractivity (Wildman–Crippen MR) is 79.2 cm³/mol. The van der Waals surface area contributed by atoms with Gasteiger partial charge in [0.2, 0.25) is 0 Å². The summed E-state index contributed by atoms with van der Waals surface area (Å²) in [5, 5.41) is 0. The fourth-order valence-corrected chi connectivity index (χ4v) is 2.53. The number of carbonyl (C=O) groups excluding carboxylic acids is 1. The molecule has 2 aromatic carbocycles. The molecule has 0 amide bonds. The molecule has 2 N–H and O–H groups in total. The van der Waals surface area contributed by atoms with Gasteiger partial charge in [0, 0.05) is 0 Å². The van der Waals surface area contributed by atoms with Crippen LogP contribution in [-0.4, -0.2) is 32.1 Å². The van der Waals surface area contributed by atoms with Crippen molar-refractivity contribution in [1.82, 2.24) is 0 Å². The Kier molecular flexibility index (Phi) is 4.89. The molecule has 0 spiro atoms. The molecule has 0 saturated carbocycles. The molecular formula is C13H10O9S2. The second-order valence-electron chi connectivity index (χ2n) is 4.35. The van der Waals surface area contributed by atoms with E-state index in [1.807, 2.05) is 0 Å². The van der Waals surface area contributed by atoms with Crippen LogP contribution >= 0.6 is 0 Å². The molecule has 0 aliphatic carbocycles. The Labute approximate surface area is 136 Å². The number of rotatable bonds is 4. The van der Waals surface area contributed by atoms with Gasteiger partial charge in [-0.25, -0.2) is 4.79 Å². The van der Waals surface area contributed by atoms with Crippen molar-refractivity contribution in [2.45, 2.75) is 9.79 Å². The van der Waals surface area contributed by atoms with Crippen molar-refractivity contribution >= 4 is 26.4 Å². The molecule has 0 bridgehead atoms. The molecule has 0 unspecified atom stereocenters. The van der Waals surface area contributed by atoms with Gasteiger partial charge in [-0.2, -0.15) is 16.8 Å². The molecular weight excluding hydrogens is 364 g/mol. The summed E-state index contributed by atoms with van der Waals surface area (Å²) in [5.41, 5.74) is 0. The van der Waals surface area contributed by atoms with Gasteiger partial charge >= 0.3 is 6.16 Å². The zero-order valence-corrected chi connectivity index (χ0v) is 13.3. The molecule has 0 aromatic heterocycles. The molecule has 0 fully saturated rings. The highest BCUT2D eigenvalue weighted by Crippen LogP contribution is 2.19. The molecule has 9 nitrogen and oxygen atoms in total. The van der Waals surface area contributed by atoms with Crippen LogP contribution < -0.4 is 9.47 Å². The van der Waals surface area contributed by atoms with E-state index in [1.54, 1.807) is 0 Å². The fourth-order valence-electron chi connectivity index (χ4n) is 1.57. The van der Waals surface area contributed by atoms with Gasteiger partial charge < -0.3 is 9.47 Å². The number of benzene rings is 2. The number of hydrogen-bond donors (Lipinski definition) is 2. The second kappa shape index (κ2) is 6.57. The van der Waals surface area contributed by atoms with Crippen LogP contribution in [0.2, 0.25) is 0 Å². The average Bonchev–Trinajstić information content (AvgIpc) is 2.46. The zero-order chi connectivity index (χ0) is 18.0. The van der Waals surface area contributed by atoms with Crippen LogP contribution in [0.25, 0.3) is 0 Å². The number of ether oxygens (including phenoxy) is 2. The second-order valence-corrected chi connectivity index (χ2v) is 7.19. The van der Waals surface area contributed by atoms with E-state index in [1.165, 1.54) is 0 Å². The van der Waals surface area contributed by atoms with Crippen molar-refractivity contribution in [3.05, 3.63) is 48.5 Å². The Bertz CT molecular complexity index is 864. The van der Waals surface area contributed by atoms with Gasteiger partial charge in [-0.1, -0.05) is 0 Å². The van der Waals surface area contributed by atoms with Crippen LogP contribution in [0, 0.1) is 0 Å². The van der Waals surface area contributed by atoms with Gasteiger partial charge in [-0.15, -0.1) is 0 Å². The van der Waals surface area contributed by atoms with E-state index in [-0.39, 0.29) is 21.3 Å². The zero-order valence-electron chi connectivity index (χ0n) is 11.7. The van der Waals surface area contributed by atoms with Gasteiger partial charge in [0.1, 0.15) is 11.5 Å². The van der Waals surface area contributed by atoms with Crippen LogP contribution in [-0.2, 0) is 20.2 Å². The first-order chi connectivity index (χ1) is 11.1. The third-order valence-corrected chi connectivity index (χ3v) is 4.38. The van der Waals surface area contributed by atoms with E-state index in [4.69, 9.17) is 18.6 Å². The van der Waals surface area contributed by atoms with Crippen LogP contribution in [0.5, 0.6) is 11.5 Å². The van der Waals surface area contributed by atoms with Crippen molar-refractivity contribution in [1.29, 1.82) is 0 Å². The fraction of sp³-hybridized carbons (Fsp3) is 0. The number of carbonyl (C=O) groups is 1. The van der Waals surface area contributed by atoms with Crippen LogP contribution in [0.4, 0.5) is 4.79 Å². The van der Waals surface area contributed by atoms with Crippen LogP contribution in [0.1, 0.15) is 0 Å². The Hall–Kier alpha value is -2.47. The Morgan fingerprint density at radius 1 is 0.667 bits per heavy atom. The van der Waals surface area contributed by atoms with Crippen molar-refractivity contribution in [2.75, 3.05) is 0 Å². The lowest BCUT2D eigenvalue weighted by molar-refractivity contribution is 0.152. The van der Waals surface area contributed by atoms with Gasteiger partial charge in [-0.05, 0) is 48.5 Å². The van der Waals surface area contributed by atoms with E-state index in [2.05, 4.69) is 0 Å². The molecule has 2 aromatic rings. The lowest BCUT2D eigenvalue weighted by atomic mass is 10.3. The summed E-state index contributed by atoms with van der Waals surface area (Å²) in [7, 11) is -8.71. The van der Waals surface area contributed by atoms with E-state index in [9.17, 15) is 21.6 Å².